The lowest BCUT2D eigenvalue weighted by Gasteiger charge is -2.04. The zero-order chi connectivity index (χ0) is 17.9. The van der Waals surface area contributed by atoms with E-state index in [4.69, 9.17) is 9.47 Å². The molecule has 5 heteroatoms. The van der Waals surface area contributed by atoms with E-state index in [1.54, 1.807) is 26.4 Å². The number of methoxy groups -OCH3 is 2. The van der Waals surface area contributed by atoms with Crippen LogP contribution in [0.5, 0.6) is 17.2 Å². The number of nitrogens with zero attached hydrogens (tertiary/aromatic N) is 1. The van der Waals surface area contributed by atoms with Crippen LogP contribution < -0.4 is 14.3 Å². The summed E-state index contributed by atoms with van der Waals surface area (Å²) in [4.78, 5) is 14.4. The first-order chi connectivity index (χ1) is 12.3. The Morgan fingerprint density at radius 1 is 0.600 bits per heavy atom. The second kappa shape index (κ2) is 9.72. The highest BCUT2D eigenvalue weighted by Gasteiger charge is 1.99. The highest BCUT2D eigenvalue weighted by atomic mass is 16.7. The van der Waals surface area contributed by atoms with Crippen molar-refractivity contribution in [1.82, 2.24) is 0 Å². The number of benzene rings is 3. The van der Waals surface area contributed by atoms with E-state index >= 15 is 0 Å². The number of rotatable bonds is 5. The van der Waals surface area contributed by atoms with Crippen molar-refractivity contribution in [2.75, 3.05) is 14.2 Å². The van der Waals surface area contributed by atoms with Crippen molar-refractivity contribution < 1.29 is 14.3 Å². The minimum absolute atomic E-state index is 0.428. The summed E-state index contributed by atoms with van der Waals surface area (Å²) in [7, 11) is 3.29. The molecule has 0 radical (unpaired) electrons. The maximum absolute atomic E-state index is 9.91. The Morgan fingerprint density at radius 3 is 1.44 bits per heavy atom. The second-order valence-corrected chi connectivity index (χ2v) is 4.94. The smallest absolute Gasteiger partial charge is 0.161 e. The van der Waals surface area contributed by atoms with E-state index in [9.17, 15) is 4.91 Å². The van der Waals surface area contributed by atoms with E-state index < -0.39 is 0 Å². The Kier molecular flexibility index (Phi) is 7.00. The van der Waals surface area contributed by atoms with Gasteiger partial charge in [0.2, 0.25) is 0 Å². The molecule has 0 aliphatic heterocycles. The minimum Gasteiger partial charge on any atom is -0.497 e. The van der Waals surface area contributed by atoms with Crippen molar-refractivity contribution in [3.05, 3.63) is 83.8 Å². The van der Waals surface area contributed by atoms with Gasteiger partial charge in [0.15, 0.2) is 11.1 Å². The Morgan fingerprint density at radius 2 is 1.04 bits per heavy atom. The Hall–Kier alpha value is -3.34. The van der Waals surface area contributed by atoms with E-state index in [-0.39, 0.29) is 0 Å². The first-order valence-corrected chi connectivity index (χ1v) is 7.60. The summed E-state index contributed by atoms with van der Waals surface area (Å²) in [6.45, 7) is 0. The van der Waals surface area contributed by atoms with Gasteiger partial charge < -0.3 is 14.3 Å². The number of ether oxygens (including phenoxy) is 2. The van der Waals surface area contributed by atoms with Gasteiger partial charge in [-0.1, -0.05) is 42.5 Å². The van der Waals surface area contributed by atoms with Gasteiger partial charge in [-0.2, -0.15) is 0 Å². The summed E-state index contributed by atoms with van der Waals surface area (Å²) < 4.78 is 10.0. The van der Waals surface area contributed by atoms with Gasteiger partial charge in [-0.25, -0.2) is 0 Å². The molecule has 0 aromatic heterocycles. The molecule has 128 valence electrons. The van der Waals surface area contributed by atoms with E-state index in [0.29, 0.717) is 5.75 Å². The van der Waals surface area contributed by atoms with Crippen LogP contribution in [0.2, 0.25) is 0 Å². The average Bonchev–Trinajstić information content (AvgIpc) is 2.70. The normalized spacial score (nSPS) is 9.36. The molecule has 5 nitrogen and oxygen atoms in total. The van der Waals surface area contributed by atoms with Gasteiger partial charge in [-0.3, -0.25) is 0 Å². The van der Waals surface area contributed by atoms with Crippen LogP contribution in [0.3, 0.4) is 0 Å². The second-order valence-electron chi connectivity index (χ2n) is 4.94. The summed E-state index contributed by atoms with van der Waals surface area (Å²) in [6, 6.07) is 24.5. The minimum atomic E-state index is 0.428. The molecule has 0 bridgehead atoms. The molecule has 0 heterocycles. The third-order valence-electron chi connectivity index (χ3n) is 3.40. The van der Waals surface area contributed by atoms with E-state index in [0.717, 1.165) is 22.6 Å². The first-order valence-electron chi connectivity index (χ1n) is 7.60. The monoisotopic (exact) mass is 337 g/mol. The fourth-order valence-electron chi connectivity index (χ4n) is 2.09. The van der Waals surface area contributed by atoms with Crippen LogP contribution in [0.25, 0.3) is 11.1 Å². The fraction of sp³-hybridized carbons (Fsp3) is 0.100. The zero-order valence-corrected chi connectivity index (χ0v) is 14.1. The zero-order valence-electron chi connectivity index (χ0n) is 14.1. The Bertz CT molecular complexity index is 756. The quantitative estimate of drug-likeness (QED) is 0.479. The van der Waals surface area contributed by atoms with Crippen molar-refractivity contribution in [2.24, 2.45) is 5.34 Å². The molecule has 0 aliphatic carbocycles. The molecular formula is C20H19NO4. The van der Waals surface area contributed by atoms with Crippen LogP contribution in [0, 0.1) is 4.91 Å². The molecule has 0 aliphatic rings. The van der Waals surface area contributed by atoms with E-state index in [2.05, 4.69) is 10.2 Å². The third kappa shape index (κ3) is 5.66. The summed E-state index contributed by atoms with van der Waals surface area (Å²) in [5, 5.41) is 2.36. The van der Waals surface area contributed by atoms with E-state index in [1.807, 2.05) is 66.7 Å². The molecule has 0 spiro atoms. The van der Waals surface area contributed by atoms with Crippen LogP contribution in [-0.4, -0.2) is 14.2 Å². The third-order valence-corrected chi connectivity index (χ3v) is 3.40. The van der Waals surface area contributed by atoms with Crippen molar-refractivity contribution in [1.29, 1.82) is 0 Å². The lowest BCUT2D eigenvalue weighted by atomic mass is 10.1. The van der Waals surface area contributed by atoms with Crippen molar-refractivity contribution in [2.45, 2.75) is 0 Å². The summed E-state index contributed by atoms with van der Waals surface area (Å²) in [6.07, 6.45) is 0. The van der Waals surface area contributed by atoms with Gasteiger partial charge in [-0.15, -0.1) is 4.91 Å². The van der Waals surface area contributed by atoms with Gasteiger partial charge in [-0.05, 0) is 47.5 Å². The highest BCUT2D eigenvalue weighted by molar-refractivity contribution is 5.64. The van der Waals surface area contributed by atoms with Crippen LogP contribution in [0.1, 0.15) is 0 Å². The number of para-hydroxylation sites is 1. The molecule has 0 saturated carbocycles. The van der Waals surface area contributed by atoms with Crippen LogP contribution in [0.4, 0.5) is 0 Å². The van der Waals surface area contributed by atoms with Gasteiger partial charge in [0.1, 0.15) is 11.5 Å². The topological polar surface area (TPSA) is 57.1 Å². The molecule has 0 fully saturated rings. The molecule has 0 N–H and O–H groups in total. The fourth-order valence-corrected chi connectivity index (χ4v) is 2.09. The number of hydrogen-bond acceptors (Lipinski definition) is 5. The van der Waals surface area contributed by atoms with Crippen LogP contribution >= 0.6 is 0 Å². The van der Waals surface area contributed by atoms with Crippen molar-refractivity contribution in [3.8, 4) is 28.4 Å². The van der Waals surface area contributed by atoms with Crippen molar-refractivity contribution in [3.63, 3.8) is 0 Å². The molecule has 0 saturated heterocycles. The molecule has 3 rings (SSSR count). The SMILES string of the molecule is COc1ccc(-c2ccc(ON=O)cc2)cc1.COc1ccccc1. The summed E-state index contributed by atoms with van der Waals surface area (Å²) in [5.74, 6) is 2.16. The van der Waals surface area contributed by atoms with E-state index in [1.165, 1.54) is 0 Å². The molecular weight excluding hydrogens is 318 g/mol. The van der Waals surface area contributed by atoms with Gasteiger partial charge in [0.25, 0.3) is 0 Å². The lowest BCUT2D eigenvalue weighted by molar-refractivity contribution is 0.335. The van der Waals surface area contributed by atoms with Crippen molar-refractivity contribution >= 4 is 0 Å². The maximum atomic E-state index is 9.91. The molecule has 0 amide bonds. The average molecular weight is 337 g/mol. The predicted octanol–water partition coefficient (Wildman–Crippen LogP) is 5.12. The largest absolute Gasteiger partial charge is 0.497 e. The van der Waals surface area contributed by atoms with Gasteiger partial charge >= 0.3 is 0 Å². The van der Waals surface area contributed by atoms with Crippen LogP contribution in [-0.2, 0) is 0 Å². The highest BCUT2D eigenvalue weighted by Crippen LogP contribution is 2.24. The summed E-state index contributed by atoms with van der Waals surface area (Å²) in [5.41, 5.74) is 2.10. The van der Waals surface area contributed by atoms with Gasteiger partial charge in [0.05, 0.1) is 14.2 Å². The first kappa shape index (κ1) is 18.0. The van der Waals surface area contributed by atoms with Crippen LogP contribution in [0.15, 0.2) is 84.2 Å². The maximum Gasteiger partial charge on any atom is 0.161 e. The lowest BCUT2D eigenvalue weighted by Crippen LogP contribution is -1.83. The predicted molar refractivity (Wildman–Crippen MR) is 97.8 cm³/mol. The summed E-state index contributed by atoms with van der Waals surface area (Å²) >= 11 is 0. The Labute approximate surface area is 146 Å². The molecule has 0 atom stereocenters. The number of hydrogen-bond donors (Lipinski definition) is 0. The molecule has 3 aromatic carbocycles. The molecule has 0 unspecified atom stereocenters. The molecule has 25 heavy (non-hydrogen) atoms. The Balaban J connectivity index is 0.000000236. The standard InChI is InChI=1S/C13H11NO3.C7H8O/c1-16-12-6-2-10(3-7-12)11-4-8-13(9-5-11)17-14-15;1-8-7-5-3-2-4-6-7/h2-9H,1H3;2-6H,1H3. The molecule has 3 aromatic rings. The van der Waals surface area contributed by atoms with Gasteiger partial charge in [0, 0.05) is 0 Å².